The average molecular weight is 399 g/mol. The van der Waals surface area contributed by atoms with Crippen molar-refractivity contribution in [1.29, 1.82) is 0 Å². The van der Waals surface area contributed by atoms with Crippen LogP contribution >= 0.6 is 22.6 Å². The molecule has 2 heterocycles. The van der Waals surface area contributed by atoms with Crippen LogP contribution in [0, 0.1) is 9.49 Å². The molecule has 0 aliphatic heterocycles. The van der Waals surface area contributed by atoms with Gasteiger partial charge in [-0.3, -0.25) is 0 Å². The summed E-state index contributed by atoms with van der Waals surface area (Å²) in [5.41, 5.74) is 1.08. The first kappa shape index (κ1) is 16.3. The molecule has 0 aromatic carbocycles. The Bertz CT molecular complexity index is 608. The number of furan rings is 1. The van der Waals surface area contributed by atoms with Crippen LogP contribution in [0.4, 0.5) is 5.82 Å². The van der Waals surface area contributed by atoms with Gasteiger partial charge < -0.3 is 9.73 Å². The Labute approximate surface area is 139 Å². The van der Waals surface area contributed by atoms with Crippen molar-refractivity contribution in [3.05, 3.63) is 27.2 Å². The van der Waals surface area contributed by atoms with E-state index in [2.05, 4.69) is 60.6 Å². The van der Waals surface area contributed by atoms with Gasteiger partial charge in [0.25, 0.3) is 0 Å². The van der Waals surface area contributed by atoms with Crippen LogP contribution in [0.15, 0.2) is 16.5 Å². The van der Waals surface area contributed by atoms with Gasteiger partial charge in [-0.15, -0.1) is 0 Å². The van der Waals surface area contributed by atoms with Crippen LogP contribution in [0.2, 0.25) is 0 Å². The average Bonchev–Trinajstić information content (AvgIpc) is 2.91. The van der Waals surface area contributed by atoms with Gasteiger partial charge in [-0.1, -0.05) is 20.8 Å². The van der Waals surface area contributed by atoms with Gasteiger partial charge in [0.05, 0.1) is 9.26 Å². The summed E-state index contributed by atoms with van der Waals surface area (Å²) >= 11 is 2.33. The van der Waals surface area contributed by atoms with Crippen LogP contribution in [0.5, 0.6) is 0 Å². The zero-order chi connectivity index (χ0) is 15.4. The predicted molar refractivity (Wildman–Crippen MR) is 94.5 cm³/mol. The zero-order valence-electron chi connectivity index (χ0n) is 13.0. The second kappa shape index (κ2) is 7.24. The molecule has 0 atom stereocenters. The van der Waals surface area contributed by atoms with E-state index in [1.807, 2.05) is 12.1 Å². The van der Waals surface area contributed by atoms with E-state index in [0.717, 1.165) is 46.0 Å². The molecule has 21 heavy (non-hydrogen) atoms. The van der Waals surface area contributed by atoms with E-state index in [0.29, 0.717) is 11.7 Å². The predicted octanol–water partition coefficient (Wildman–Crippen LogP) is 4.53. The van der Waals surface area contributed by atoms with Crippen molar-refractivity contribution in [2.24, 2.45) is 5.92 Å². The molecule has 2 rings (SSSR count). The summed E-state index contributed by atoms with van der Waals surface area (Å²) in [6, 6.07) is 3.95. The summed E-state index contributed by atoms with van der Waals surface area (Å²) in [6.07, 6.45) is 1.82. The minimum Gasteiger partial charge on any atom is -0.458 e. The lowest BCUT2D eigenvalue weighted by Gasteiger charge is -2.12. The smallest absolute Gasteiger partial charge is 0.197 e. The largest absolute Gasteiger partial charge is 0.458 e. The molecule has 0 bridgehead atoms. The number of aryl methyl sites for hydroxylation is 1. The highest BCUT2D eigenvalue weighted by molar-refractivity contribution is 14.1. The molecule has 0 saturated carbocycles. The van der Waals surface area contributed by atoms with Crippen molar-refractivity contribution in [2.45, 2.75) is 40.5 Å². The molecule has 1 N–H and O–H groups in total. The van der Waals surface area contributed by atoms with Gasteiger partial charge in [0.2, 0.25) is 0 Å². The number of hydrogen-bond acceptors (Lipinski definition) is 4. The number of anilines is 1. The van der Waals surface area contributed by atoms with E-state index in [9.17, 15) is 0 Å². The Hall–Kier alpha value is -1.11. The van der Waals surface area contributed by atoms with E-state index in [-0.39, 0.29) is 0 Å². The van der Waals surface area contributed by atoms with Gasteiger partial charge in [-0.05, 0) is 54.0 Å². The SMILES string of the molecule is CCNc1nc(-c2ccc(CC)o2)nc(CC(C)C)c1I. The summed E-state index contributed by atoms with van der Waals surface area (Å²) in [5.74, 6) is 3.82. The maximum atomic E-state index is 5.80. The van der Waals surface area contributed by atoms with Gasteiger partial charge in [0.15, 0.2) is 11.6 Å². The first-order valence-corrected chi connectivity index (χ1v) is 8.52. The Kier molecular flexibility index (Phi) is 5.61. The Balaban J connectivity index is 2.47. The summed E-state index contributed by atoms with van der Waals surface area (Å²) in [4.78, 5) is 9.35. The molecule has 2 aromatic rings. The third-order valence-corrected chi connectivity index (χ3v) is 4.23. The van der Waals surface area contributed by atoms with Crippen molar-refractivity contribution in [3.63, 3.8) is 0 Å². The molecule has 4 nitrogen and oxygen atoms in total. The molecule has 0 saturated heterocycles. The van der Waals surface area contributed by atoms with E-state index < -0.39 is 0 Å². The number of rotatable bonds is 6. The fourth-order valence-corrected chi connectivity index (χ4v) is 2.75. The molecule has 5 heteroatoms. The molecular weight excluding hydrogens is 377 g/mol. The topological polar surface area (TPSA) is 51.0 Å². The lowest BCUT2D eigenvalue weighted by Crippen LogP contribution is -2.09. The highest BCUT2D eigenvalue weighted by atomic mass is 127. The molecule has 0 aliphatic carbocycles. The highest BCUT2D eigenvalue weighted by Gasteiger charge is 2.16. The fraction of sp³-hybridized carbons (Fsp3) is 0.500. The molecule has 0 unspecified atom stereocenters. The van der Waals surface area contributed by atoms with Crippen molar-refractivity contribution < 1.29 is 4.42 Å². The quantitative estimate of drug-likeness (QED) is 0.725. The van der Waals surface area contributed by atoms with Gasteiger partial charge in [-0.2, -0.15) is 0 Å². The van der Waals surface area contributed by atoms with E-state index >= 15 is 0 Å². The Morgan fingerprint density at radius 1 is 1.24 bits per heavy atom. The van der Waals surface area contributed by atoms with Gasteiger partial charge in [-0.25, -0.2) is 9.97 Å². The summed E-state index contributed by atoms with van der Waals surface area (Å²) < 4.78 is 6.90. The van der Waals surface area contributed by atoms with Crippen molar-refractivity contribution in [3.8, 4) is 11.6 Å². The van der Waals surface area contributed by atoms with Crippen molar-refractivity contribution in [2.75, 3.05) is 11.9 Å². The van der Waals surface area contributed by atoms with Crippen molar-refractivity contribution >= 4 is 28.4 Å². The van der Waals surface area contributed by atoms with Crippen LogP contribution in [0.3, 0.4) is 0 Å². The molecule has 114 valence electrons. The number of nitrogens with one attached hydrogen (secondary N) is 1. The minimum atomic E-state index is 0.554. The van der Waals surface area contributed by atoms with Crippen LogP contribution < -0.4 is 5.32 Å². The molecule has 0 spiro atoms. The van der Waals surface area contributed by atoms with E-state index in [1.165, 1.54) is 0 Å². The number of aromatic nitrogens is 2. The van der Waals surface area contributed by atoms with Gasteiger partial charge in [0, 0.05) is 13.0 Å². The first-order chi connectivity index (χ1) is 10.0. The lowest BCUT2D eigenvalue weighted by atomic mass is 10.1. The normalized spacial score (nSPS) is 11.1. The minimum absolute atomic E-state index is 0.554. The molecule has 2 aromatic heterocycles. The van der Waals surface area contributed by atoms with Gasteiger partial charge >= 0.3 is 0 Å². The second-order valence-corrected chi connectivity index (χ2v) is 6.48. The zero-order valence-corrected chi connectivity index (χ0v) is 15.2. The van der Waals surface area contributed by atoms with Crippen LogP contribution in [-0.2, 0) is 12.8 Å². The maximum absolute atomic E-state index is 5.80. The summed E-state index contributed by atoms with van der Waals surface area (Å²) in [7, 11) is 0. The van der Waals surface area contributed by atoms with E-state index in [1.54, 1.807) is 0 Å². The molecule has 0 radical (unpaired) electrons. The Morgan fingerprint density at radius 2 is 2.00 bits per heavy atom. The Morgan fingerprint density at radius 3 is 2.57 bits per heavy atom. The number of halogens is 1. The summed E-state index contributed by atoms with van der Waals surface area (Å²) in [6.45, 7) is 9.39. The molecule has 0 aliphatic rings. The lowest BCUT2D eigenvalue weighted by molar-refractivity contribution is 0.524. The van der Waals surface area contributed by atoms with Crippen molar-refractivity contribution in [1.82, 2.24) is 9.97 Å². The van der Waals surface area contributed by atoms with Gasteiger partial charge in [0.1, 0.15) is 11.6 Å². The molecular formula is C16H22IN3O. The first-order valence-electron chi connectivity index (χ1n) is 7.44. The van der Waals surface area contributed by atoms with Crippen LogP contribution in [0.25, 0.3) is 11.6 Å². The number of nitrogens with zero attached hydrogens (tertiary/aromatic N) is 2. The maximum Gasteiger partial charge on any atom is 0.197 e. The molecule has 0 fully saturated rings. The highest BCUT2D eigenvalue weighted by Crippen LogP contribution is 2.26. The third kappa shape index (κ3) is 3.96. The molecule has 0 amide bonds. The monoisotopic (exact) mass is 399 g/mol. The fourth-order valence-electron chi connectivity index (χ4n) is 2.10. The summed E-state index contributed by atoms with van der Waals surface area (Å²) in [5, 5.41) is 3.32. The van der Waals surface area contributed by atoms with Crippen LogP contribution in [-0.4, -0.2) is 16.5 Å². The van der Waals surface area contributed by atoms with E-state index in [4.69, 9.17) is 9.40 Å². The third-order valence-electron chi connectivity index (χ3n) is 3.10. The second-order valence-electron chi connectivity index (χ2n) is 5.40. The number of hydrogen-bond donors (Lipinski definition) is 1. The van der Waals surface area contributed by atoms with Crippen LogP contribution in [0.1, 0.15) is 39.1 Å². The standard InChI is InChI=1S/C16H22IN3O/c1-5-11-7-8-13(21-11)15-19-12(9-10(3)4)14(17)16(20-15)18-6-2/h7-8,10H,5-6,9H2,1-4H3,(H,18,19,20).